The van der Waals surface area contributed by atoms with Crippen molar-refractivity contribution in [3.8, 4) is 16.9 Å². The molecule has 4 rings (SSSR count). The fraction of sp³-hybridized carbons (Fsp3) is 0.0526. The van der Waals surface area contributed by atoms with E-state index in [1.165, 1.54) is 0 Å². The molecule has 0 radical (unpaired) electrons. The Bertz CT molecular complexity index is 950. The number of phenols is 1. The predicted molar refractivity (Wildman–Crippen MR) is 85.6 cm³/mol. The molecule has 0 atom stereocenters. The van der Waals surface area contributed by atoms with E-state index in [1.807, 2.05) is 67.6 Å². The third-order valence-electron chi connectivity index (χ3n) is 3.89. The normalized spacial score (nSPS) is 11.3. The minimum atomic E-state index is 0.285. The third kappa shape index (κ3) is 1.73. The summed E-state index contributed by atoms with van der Waals surface area (Å²) in [6.45, 7) is 1.92. The van der Waals surface area contributed by atoms with Gasteiger partial charge in [-0.05, 0) is 30.2 Å². The first-order valence-electron chi connectivity index (χ1n) is 6.95. The van der Waals surface area contributed by atoms with Crippen molar-refractivity contribution in [2.45, 2.75) is 6.92 Å². The highest BCUT2D eigenvalue weighted by atomic mass is 16.3. The molecular weight excluding hydrogens is 260 g/mol. The number of furan rings is 1. The largest absolute Gasteiger partial charge is 0.507 e. The zero-order valence-electron chi connectivity index (χ0n) is 11.6. The Morgan fingerprint density at radius 2 is 1.57 bits per heavy atom. The van der Waals surface area contributed by atoms with Crippen LogP contribution in [0.2, 0.25) is 0 Å². The molecule has 1 heterocycles. The van der Waals surface area contributed by atoms with Crippen molar-refractivity contribution in [2.75, 3.05) is 0 Å². The molecule has 102 valence electrons. The molecule has 1 N–H and O–H groups in total. The minimum Gasteiger partial charge on any atom is -0.507 e. The van der Waals surface area contributed by atoms with Crippen LogP contribution in [0.5, 0.6) is 5.75 Å². The maximum Gasteiger partial charge on any atom is 0.146 e. The maximum atomic E-state index is 10.5. The van der Waals surface area contributed by atoms with Crippen molar-refractivity contribution in [3.63, 3.8) is 0 Å². The quantitative estimate of drug-likeness (QED) is 0.513. The number of para-hydroxylation sites is 1. The highest BCUT2D eigenvalue weighted by Gasteiger charge is 2.17. The van der Waals surface area contributed by atoms with E-state index in [1.54, 1.807) is 0 Å². The van der Waals surface area contributed by atoms with Crippen molar-refractivity contribution in [1.82, 2.24) is 0 Å². The van der Waals surface area contributed by atoms with Crippen molar-refractivity contribution < 1.29 is 9.52 Å². The van der Waals surface area contributed by atoms with Crippen molar-refractivity contribution in [1.29, 1.82) is 0 Å². The summed E-state index contributed by atoms with van der Waals surface area (Å²) in [7, 11) is 0. The first-order chi connectivity index (χ1) is 10.3. The summed E-state index contributed by atoms with van der Waals surface area (Å²) in [5.41, 5.74) is 4.16. The van der Waals surface area contributed by atoms with Crippen molar-refractivity contribution >= 4 is 21.9 Å². The Balaban J connectivity index is 2.21. The Labute approximate surface area is 122 Å². The second-order valence-corrected chi connectivity index (χ2v) is 5.26. The molecule has 0 bridgehead atoms. The fourth-order valence-electron chi connectivity index (χ4n) is 2.86. The number of hydrogen-bond acceptors (Lipinski definition) is 2. The van der Waals surface area contributed by atoms with Crippen LogP contribution in [-0.2, 0) is 0 Å². The molecule has 3 aromatic carbocycles. The van der Waals surface area contributed by atoms with Crippen LogP contribution in [0, 0.1) is 6.92 Å². The van der Waals surface area contributed by atoms with E-state index >= 15 is 0 Å². The molecule has 1 aromatic heterocycles. The lowest BCUT2D eigenvalue weighted by Gasteiger charge is -2.08. The van der Waals surface area contributed by atoms with Crippen molar-refractivity contribution in [3.05, 3.63) is 66.2 Å². The number of phenolic OH excluding ortho intramolecular Hbond substituents is 1. The number of fused-ring (bicyclic) bond motifs is 3. The monoisotopic (exact) mass is 274 g/mol. The standard InChI is InChI=1S/C19H14O2/c1-12-11-15-14-9-5-6-10-16(14)21-19(15)17(18(12)20)13-7-3-2-4-8-13/h2-11,20H,1H3. The number of aromatic hydroxyl groups is 1. The van der Waals surface area contributed by atoms with Gasteiger partial charge in [0.25, 0.3) is 0 Å². The summed E-state index contributed by atoms with van der Waals surface area (Å²) < 4.78 is 6.01. The zero-order valence-corrected chi connectivity index (χ0v) is 11.6. The van der Waals surface area contributed by atoms with E-state index < -0.39 is 0 Å². The van der Waals surface area contributed by atoms with Crippen LogP contribution in [0.15, 0.2) is 65.1 Å². The van der Waals surface area contributed by atoms with Gasteiger partial charge < -0.3 is 9.52 Å². The molecule has 0 spiro atoms. The van der Waals surface area contributed by atoms with Crippen molar-refractivity contribution in [2.24, 2.45) is 0 Å². The Kier molecular flexibility index (Phi) is 2.51. The molecule has 0 aliphatic rings. The molecule has 0 saturated heterocycles. The summed E-state index contributed by atoms with van der Waals surface area (Å²) in [4.78, 5) is 0. The predicted octanol–water partition coefficient (Wildman–Crippen LogP) is 5.27. The average molecular weight is 274 g/mol. The topological polar surface area (TPSA) is 33.4 Å². The molecule has 0 amide bonds. The highest BCUT2D eigenvalue weighted by molar-refractivity contribution is 6.11. The van der Waals surface area contributed by atoms with Crippen LogP contribution in [-0.4, -0.2) is 5.11 Å². The lowest BCUT2D eigenvalue weighted by Crippen LogP contribution is -1.84. The Morgan fingerprint density at radius 1 is 0.857 bits per heavy atom. The molecule has 0 saturated carbocycles. The lowest BCUT2D eigenvalue weighted by atomic mass is 9.98. The number of hydrogen-bond donors (Lipinski definition) is 1. The smallest absolute Gasteiger partial charge is 0.146 e. The summed E-state index contributed by atoms with van der Waals surface area (Å²) in [6, 6.07) is 19.8. The second kappa shape index (κ2) is 4.38. The van der Waals surface area contributed by atoms with Crippen LogP contribution in [0.4, 0.5) is 0 Å². The fourth-order valence-corrected chi connectivity index (χ4v) is 2.86. The van der Waals surface area contributed by atoms with Gasteiger partial charge in [0.15, 0.2) is 0 Å². The summed E-state index contributed by atoms with van der Waals surface area (Å²) in [6.07, 6.45) is 0. The van der Waals surface area contributed by atoms with Gasteiger partial charge in [0.2, 0.25) is 0 Å². The van der Waals surface area contributed by atoms with Gasteiger partial charge in [-0.3, -0.25) is 0 Å². The molecular formula is C19H14O2. The molecule has 2 heteroatoms. The molecule has 2 nitrogen and oxygen atoms in total. The average Bonchev–Trinajstić information content (AvgIpc) is 2.87. The molecule has 21 heavy (non-hydrogen) atoms. The summed E-state index contributed by atoms with van der Waals surface area (Å²) in [5.74, 6) is 0.285. The van der Waals surface area contributed by atoms with E-state index in [0.29, 0.717) is 0 Å². The summed E-state index contributed by atoms with van der Waals surface area (Å²) >= 11 is 0. The van der Waals surface area contributed by atoms with Gasteiger partial charge in [0, 0.05) is 10.8 Å². The first kappa shape index (κ1) is 12.0. The molecule has 0 fully saturated rings. The first-order valence-corrected chi connectivity index (χ1v) is 6.95. The van der Waals surface area contributed by atoms with E-state index in [9.17, 15) is 5.11 Å². The van der Waals surface area contributed by atoms with E-state index in [4.69, 9.17) is 4.42 Å². The van der Waals surface area contributed by atoms with Crippen LogP contribution in [0.3, 0.4) is 0 Å². The van der Waals surface area contributed by atoms with Gasteiger partial charge in [-0.25, -0.2) is 0 Å². The highest BCUT2D eigenvalue weighted by Crippen LogP contribution is 2.42. The van der Waals surface area contributed by atoms with E-state index in [0.717, 1.165) is 38.6 Å². The number of benzene rings is 3. The zero-order chi connectivity index (χ0) is 14.4. The molecule has 0 aliphatic carbocycles. The van der Waals surface area contributed by atoms with Crippen LogP contribution in [0.25, 0.3) is 33.1 Å². The van der Waals surface area contributed by atoms with E-state index in [2.05, 4.69) is 0 Å². The van der Waals surface area contributed by atoms with Gasteiger partial charge in [0.1, 0.15) is 16.9 Å². The van der Waals surface area contributed by atoms with Gasteiger partial charge in [0.05, 0.1) is 5.56 Å². The molecule has 0 unspecified atom stereocenters. The van der Waals surface area contributed by atoms with Gasteiger partial charge in [-0.15, -0.1) is 0 Å². The SMILES string of the molecule is Cc1cc2c(oc3ccccc32)c(-c2ccccc2)c1O. The van der Waals surface area contributed by atoms with Crippen LogP contribution < -0.4 is 0 Å². The number of aryl methyl sites for hydroxylation is 1. The second-order valence-electron chi connectivity index (χ2n) is 5.26. The molecule has 4 aromatic rings. The van der Waals surface area contributed by atoms with Crippen LogP contribution >= 0.6 is 0 Å². The van der Waals surface area contributed by atoms with Gasteiger partial charge in [-0.1, -0.05) is 48.5 Å². The Hall–Kier alpha value is -2.74. The lowest BCUT2D eigenvalue weighted by molar-refractivity contribution is 0.473. The molecule has 0 aliphatic heterocycles. The third-order valence-corrected chi connectivity index (χ3v) is 3.89. The van der Waals surface area contributed by atoms with Gasteiger partial charge >= 0.3 is 0 Å². The van der Waals surface area contributed by atoms with E-state index in [-0.39, 0.29) is 5.75 Å². The maximum absolute atomic E-state index is 10.5. The Morgan fingerprint density at radius 3 is 2.38 bits per heavy atom. The van der Waals surface area contributed by atoms with Gasteiger partial charge in [-0.2, -0.15) is 0 Å². The van der Waals surface area contributed by atoms with Crippen LogP contribution in [0.1, 0.15) is 5.56 Å². The summed E-state index contributed by atoms with van der Waals surface area (Å²) in [5, 5.41) is 12.6. The minimum absolute atomic E-state index is 0.285. The number of rotatable bonds is 1.